The van der Waals surface area contributed by atoms with Crippen LogP contribution < -0.4 is 5.32 Å². The van der Waals surface area contributed by atoms with Gasteiger partial charge in [-0.2, -0.15) is 0 Å². The first-order chi connectivity index (χ1) is 14.1. The Labute approximate surface area is 185 Å². The number of unbranched alkanes of at least 4 members (excludes halogenated alkanes) is 1. The van der Waals surface area contributed by atoms with Crippen LogP contribution in [-0.4, -0.2) is 21.5 Å². The SMILES string of the molecule is CCCCN1C(=S)NC(c2ccccn2)C1c1ccc(-c2cccc(Cl)c2Cl)o1. The van der Waals surface area contributed by atoms with E-state index < -0.39 is 0 Å². The van der Waals surface area contributed by atoms with Crippen molar-refractivity contribution < 1.29 is 4.42 Å². The van der Waals surface area contributed by atoms with Gasteiger partial charge in [-0.1, -0.05) is 48.7 Å². The van der Waals surface area contributed by atoms with Crippen molar-refractivity contribution in [2.75, 3.05) is 6.54 Å². The molecule has 0 bridgehead atoms. The molecule has 2 unspecified atom stereocenters. The standard InChI is InChI=1S/C22H21Cl2N3OS/c1-2-3-13-27-21(20(26-22(27)29)16-9-4-5-12-25-16)18-11-10-17(28-18)14-7-6-8-15(23)19(14)24/h4-12,20-21H,2-3,13H2,1H3,(H,26,29). The molecule has 1 aromatic carbocycles. The van der Waals surface area contributed by atoms with E-state index in [9.17, 15) is 0 Å². The molecule has 1 aliphatic rings. The minimum Gasteiger partial charge on any atom is -0.459 e. The van der Waals surface area contributed by atoms with Crippen molar-refractivity contribution in [2.45, 2.75) is 31.8 Å². The smallest absolute Gasteiger partial charge is 0.170 e. The second-order valence-electron chi connectivity index (χ2n) is 6.98. The van der Waals surface area contributed by atoms with Crippen LogP contribution in [0.4, 0.5) is 0 Å². The quantitative estimate of drug-likeness (QED) is 0.443. The van der Waals surface area contributed by atoms with Crippen LogP contribution in [-0.2, 0) is 0 Å². The molecule has 1 fully saturated rings. The molecular weight excluding hydrogens is 425 g/mol. The Bertz CT molecular complexity index is 1010. The Morgan fingerprint density at radius 1 is 1.14 bits per heavy atom. The van der Waals surface area contributed by atoms with Gasteiger partial charge in [-0.05, 0) is 55.0 Å². The monoisotopic (exact) mass is 445 g/mol. The summed E-state index contributed by atoms with van der Waals surface area (Å²) in [6.45, 7) is 3.02. The van der Waals surface area contributed by atoms with Gasteiger partial charge < -0.3 is 14.6 Å². The molecule has 2 atom stereocenters. The lowest BCUT2D eigenvalue weighted by atomic mass is 10.0. The number of nitrogens with zero attached hydrogens (tertiary/aromatic N) is 2. The number of nitrogens with one attached hydrogen (secondary N) is 1. The molecule has 150 valence electrons. The van der Waals surface area contributed by atoms with Gasteiger partial charge in [-0.3, -0.25) is 4.98 Å². The number of pyridine rings is 1. The van der Waals surface area contributed by atoms with Gasteiger partial charge in [0, 0.05) is 18.3 Å². The number of thiocarbonyl (C=S) groups is 1. The average molecular weight is 446 g/mol. The maximum absolute atomic E-state index is 6.40. The number of hydrogen-bond donors (Lipinski definition) is 1. The van der Waals surface area contributed by atoms with Gasteiger partial charge in [0.05, 0.1) is 21.8 Å². The summed E-state index contributed by atoms with van der Waals surface area (Å²) in [5, 5.41) is 5.14. The molecule has 0 aliphatic carbocycles. The zero-order chi connectivity index (χ0) is 20.4. The summed E-state index contributed by atoms with van der Waals surface area (Å²) >= 11 is 18.2. The molecule has 1 aliphatic heterocycles. The highest BCUT2D eigenvalue weighted by Gasteiger charge is 2.41. The van der Waals surface area contributed by atoms with Crippen LogP contribution in [0.3, 0.4) is 0 Å². The van der Waals surface area contributed by atoms with Gasteiger partial charge in [0.25, 0.3) is 0 Å². The van der Waals surface area contributed by atoms with E-state index in [1.807, 2.05) is 42.5 Å². The summed E-state index contributed by atoms with van der Waals surface area (Å²) in [6, 6.07) is 15.2. The van der Waals surface area contributed by atoms with Crippen LogP contribution in [0.15, 0.2) is 59.1 Å². The normalized spacial score (nSPS) is 18.9. The highest BCUT2D eigenvalue weighted by molar-refractivity contribution is 7.80. The molecule has 4 nitrogen and oxygen atoms in total. The second kappa shape index (κ2) is 8.74. The van der Waals surface area contributed by atoms with Crippen molar-refractivity contribution in [3.8, 4) is 11.3 Å². The molecule has 4 rings (SSSR count). The zero-order valence-corrected chi connectivity index (χ0v) is 18.3. The Balaban J connectivity index is 1.73. The van der Waals surface area contributed by atoms with Crippen molar-refractivity contribution in [1.29, 1.82) is 0 Å². The first-order valence-corrected chi connectivity index (χ1v) is 10.8. The van der Waals surface area contributed by atoms with Crippen molar-refractivity contribution in [3.63, 3.8) is 0 Å². The number of rotatable bonds is 6. The summed E-state index contributed by atoms with van der Waals surface area (Å²) in [5.74, 6) is 1.50. The van der Waals surface area contributed by atoms with E-state index in [-0.39, 0.29) is 12.1 Å². The van der Waals surface area contributed by atoms with E-state index >= 15 is 0 Å². The summed E-state index contributed by atoms with van der Waals surface area (Å²) < 4.78 is 6.29. The molecule has 0 amide bonds. The van der Waals surface area contributed by atoms with Gasteiger partial charge in [0.1, 0.15) is 17.6 Å². The fourth-order valence-electron chi connectivity index (χ4n) is 3.63. The Kier molecular flexibility index (Phi) is 6.09. The first-order valence-electron chi connectivity index (χ1n) is 9.62. The molecular formula is C22H21Cl2N3OS. The van der Waals surface area contributed by atoms with E-state index in [1.165, 1.54) is 0 Å². The number of aromatic nitrogens is 1. The fourth-order valence-corrected chi connectivity index (χ4v) is 4.36. The Hall–Kier alpha value is -2.08. The first kappa shape index (κ1) is 20.2. The van der Waals surface area contributed by atoms with E-state index in [2.05, 4.69) is 22.1 Å². The lowest BCUT2D eigenvalue weighted by Gasteiger charge is -2.25. The number of hydrogen-bond acceptors (Lipinski definition) is 3. The number of benzene rings is 1. The minimum atomic E-state index is -0.0885. The molecule has 1 N–H and O–H groups in total. The van der Waals surface area contributed by atoms with Gasteiger partial charge >= 0.3 is 0 Å². The highest BCUT2D eigenvalue weighted by atomic mass is 35.5. The molecule has 0 spiro atoms. The number of halogens is 2. The van der Waals surface area contributed by atoms with Gasteiger partial charge in [-0.25, -0.2) is 0 Å². The minimum absolute atomic E-state index is 0.0874. The molecule has 7 heteroatoms. The molecule has 3 aromatic rings. The van der Waals surface area contributed by atoms with E-state index in [4.69, 9.17) is 39.8 Å². The maximum atomic E-state index is 6.40. The van der Waals surface area contributed by atoms with Crippen LogP contribution in [0.1, 0.15) is 43.3 Å². The predicted molar refractivity (Wildman–Crippen MR) is 121 cm³/mol. The zero-order valence-electron chi connectivity index (χ0n) is 15.9. The molecule has 1 saturated heterocycles. The van der Waals surface area contributed by atoms with Crippen LogP contribution in [0, 0.1) is 0 Å². The van der Waals surface area contributed by atoms with Crippen molar-refractivity contribution >= 4 is 40.5 Å². The van der Waals surface area contributed by atoms with Crippen molar-refractivity contribution in [3.05, 3.63) is 76.2 Å². The van der Waals surface area contributed by atoms with Gasteiger partial charge in [0.15, 0.2) is 5.11 Å². The number of furan rings is 1. The second-order valence-corrected chi connectivity index (χ2v) is 8.15. The molecule has 2 aromatic heterocycles. The van der Waals surface area contributed by atoms with Crippen LogP contribution in [0.5, 0.6) is 0 Å². The maximum Gasteiger partial charge on any atom is 0.170 e. The molecule has 3 heterocycles. The summed E-state index contributed by atoms with van der Waals surface area (Å²) in [7, 11) is 0. The summed E-state index contributed by atoms with van der Waals surface area (Å²) in [5.41, 5.74) is 1.70. The van der Waals surface area contributed by atoms with Gasteiger partial charge in [-0.15, -0.1) is 0 Å². The molecule has 29 heavy (non-hydrogen) atoms. The van der Waals surface area contributed by atoms with E-state index in [0.29, 0.717) is 15.8 Å². The fraction of sp³-hybridized carbons (Fsp3) is 0.273. The van der Waals surface area contributed by atoms with Crippen LogP contribution >= 0.6 is 35.4 Å². The van der Waals surface area contributed by atoms with E-state index in [1.54, 1.807) is 12.3 Å². The average Bonchev–Trinajstić information content (AvgIpc) is 3.33. The van der Waals surface area contributed by atoms with Gasteiger partial charge in [0.2, 0.25) is 0 Å². The third kappa shape index (κ3) is 4.00. The molecule has 0 radical (unpaired) electrons. The summed E-state index contributed by atoms with van der Waals surface area (Å²) in [4.78, 5) is 6.74. The topological polar surface area (TPSA) is 41.3 Å². The third-order valence-corrected chi connectivity index (χ3v) is 6.26. The third-order valence-electron chi connectivity index (χ3n) is 5.09. The lowest BCUT2D eigenvalue weighted by Crippen LogP contribution is -2.30. The lowest BCUT2D eigenvalue weighted by molar-refractivity contribution is 0.271. The Morgan fingerprint density at radius 2 is 2.00 bits per heavy atom. The van der Waals surface area contributed by atoms with E-state index in [0.717, 1.165) is 41.5 Å². The van der Waals surface area contributed by atoms with Crippen LogP contribution in [0.25, 0.3) is 11.3 Å². The van der Waals surface area contributed by atoms with Crippen LogP contribution in [0.2, 0.25) is 10.0 Å². The predicted octanol–water partition coefficient (Wildman–Crippen LogP) is 6.42. The van der Waals surface area contributed by atoms with Crippen molar-refractivity contribution in [1.82, 2.24) is 15.2 Å². The Morgan fingerprint density at radius 3 is 2.76 bits per heavy atom. The highest BCUT2D eigenvalue weighted by Crippen LogP contribution is 2.42. The van der Waals surface area contributed by atoms with Crippen molar-refractivity contribution in [2.24, 2.45) is 0 Å². The summed E-state index contributed by atoms with van der Waals surface area (Å²) in [6.07, 6.45) is 3.92. The molecule has 0 saturated carbocycles. The largest absolute Gasteiger partial charge is 0.459 e.